The molecule has 1 fully saturated rings. The van der Waals surface area contributed by atoms with Gasteiger partial charge in [-0.2, -0.15) is 0 Å². The highest BCUT2D eigenvalue weighted by atomic mass is 16.3. The minimum absolute atomic E-state index is 0.113. The van der Waals surface area contributed by atoms with E-state index in [0.29, 0.717) is 5.92 Å². The molecular weight excluding hydrogens is 196 g/mol. The second-order valence-corrected chi connectivity index (χ2v) is 5.57. The standard InChI is InChI=1S/C15H26O/c16-15(14-11-7-4-8-12-14)13-9-5-2-1-3-6-10-13/h9,14-16H,1-8,10-12H2. The van der Waals surface area contributed by atoms with Crippen molar-refractivity contribution in [3.8, 4) is 0 Å². The van der Waals surface area contributed by atoms with Gasteiger partial charge in [-0.3, -0.25) is 0 Å². The van der Waals surface area contributed by atoms with Gasteiger partial charge in [0.15, 0.2) is 0 Å². The summed E-state index contributed by atoms with van der Waals surface area (Å²) >= 11 is 0. The van der Waals surface area contributed by atoms with E-state index in [2.05, 4.69) is 6.08 Å². The zero-order valence-corrected chi connectivity index (χ0v) is 10.5. The van der Waals surface area contributed by atoms with Crippen LogP contribution in [0.3, 0.4) is 0 Å². The summed E-state index contributed by atoms with van der Waals surface area (Å²) in [4.78, 5) is 0. The van der Waals surface area contributed by atoms with Crippen molar-refractivity contribution in [2.24, 2.45) is 5.92 Å². The third kappa shape index (κ3) is 3.35. The molecular formula is C15H26O. The summed E-state index contributed by atoms with van der Waals surface area (Å²) in [6, 6.07) is 0. The molecule has 2 rings (SSSR count). The van der Waals surface area contributed by atoms with Gasteiger partial charge >= 0.3 is 0 Å². The molecule has 0 aliphatic heterocycles. The number of allylic oxidation sites excluding steroid dienone is 1. The molecule has 0 radical (unpaired) electrons. The summed E-state index contributed by atoms with van der Waals surface area (Å²) in [5, 5.41) is 10.4. The number of aliphatic hydroxyl groups excluding tert-OH is 1. The van der Waals surface area contributed by atoms with Gasteiger partial charge in [0.25, 0.3) is 0 Å². The van der Waals surface area contributed by atoms with Gasteiger partial charge in [-0.25, -0.2) is 0 Å². The van der Waals surface area contributed by atoms with Crippen LogP contribution in [0.2, 0.25) is 0 Å². The Morgan fingerprint density at radius 1 is 0.938 bits per heavy atom. The van der Waals surface area contributed by atoms with E-state index in [1.165, 1.54) is 69.8 Å². The Balaban J connectivity index is 1.92. The number of rotatable bonds is 2. The van der Waals surface area contributed by atoms with Crippen LogP contribution in [0.4, 0.5) is 0 Å². The molecule has 0 heterocycles. The fourth-order valence-corrected chi connectivity index (χ4v) is 3.24. The first-order valence-electron chi connectivity index (χ1n) is 7.25. The van der Waals surface area contributed by atoms with Crippen LogP contribution in [0.1, 0.15) is 70.6 Å². The third-order valence-electron chi connectivity index (χ3n) is 4.30. The molecule has 0 spiro atoms. The van der Waals surface area contributed by atoms with Crippen LogP contribution in [-0.4, -0.2) is 11.2 Å². The van der Waals surface area contributed by atoms with E-state index in [1.807, 2.05) is 0 Å². The molecule has 0 amide bonds. The van der Waals surface area contributed by atoms with Gasteiger partial charge in [0.1, 0.15) is 0 Å². The predicted molar refractivity (Wildman–Crippen MR) is 68.4 cm³/mol. The highest BCUT2D eigenvalue weighted by molar-refractivity contribution is 5.10. The predicted octanol–water partition coefficient (Wildman–Crippen LogP) is 4.21. The molecule has 0 aromatic heterocycles. The zero-order valence-electron chi connectivity index (χ0n) is 10.5. The lowest BCUT2D eigenvalue weighted by Gasteiger charge is -2.29. The van der Waals surface area contributed by atoms with E-state index in [-0.39, 0.29) is 6.10 Å². The van der Waals surface area contributed by atoms with Crippen molar-refractivity contribution < 1.29 is 5.11 Å². The highest BCUT2D eigenvalue weighted by Gasteiger charge is 2.24. The van der Waals surface area contributed by atoms with Crippen LogP contribution >= 0.6 is 0 Å². The van der Waals surface area contributed by atoms with Gasteiger partial charge in [-0.1, -0.05) is 38.2 Å². The van der Waals surface area contributed by atoms with E-state index in [9.17, 15) is 5.11 Å². The minimum Gasteiger partial charge on any atom is -0.388 e. The molecule has 2 aliphatic carbocycles. The van der Waals surface area contributed by atoms with Crippen molar-refractivity contribution in [2.45, 2.75) is 76.7 Å². The fraction of sp³-hybridized carbons (Fsp3) is 0.867. The molecule has 0 saturated heterocycles. The summed E-state index contributed by atoms with van der Waals surface area (Å²) in [6.07, 6.45) is 16.4. The summed E-state index contributed by atoms with van der Waals surface area (Å²) in [5.41, 5.74) is 1.37. The van der Waals surface area contributed by atoms with Crippen molar-refractivity contribution in [2.75, 3.05) is 0 Å². The van der Waals surface area contributed by atoms with Crippen LogP contribution in [0, 0.1) is 5.92 Å². The summed E-state index contributed by atoms with van der Waals surface area (Å²) in [5.74, 6) is 0.569. The van der Waals surface area contributed by atoms with Crippen LogP contribution in [-0.2, 0) is 0 Å². The van der Waals surface area contributed by atoms with Crippen LogP contribution in [0.5, 0.6) is 0 Å². The quantitative estimate of drug-likeness (QED) is 0.694. The summed E-state index contributed by atoms with van der Waals surface area (Å²) < 4.78 is 0. The number of hydrogen-bond donors (Lipinski definition) is 1. The summed E-state index contributed by atoms with van der Waals surface area (Å²) in [6.45, 7) is 0. The Kier molecular flexibility index (Phi) is 4.90. The molecule has 1 nitrogen and oxygen atoms in total. The lowest BCUT2D eigenvalue weighted by molar-refractivity contribution is 0.111. The molecule has 1 unspecified atom stereocenters. The first-order valence-corrected chi connectivity index (χ1v) is 7.25. The number of hydrogen-bond acceptors (Lipinski definition) is 1. The van der Waals surface area contributed by atoms with Gasteiger partial charge in [0.2, 0.25) is 0 Å². The Bertz CT molecular complexity index is 226. The van der Waals surface area contributed by atoms with E-state index < -0.39 is 0 Å². The van der Waals surface area contributed by atoms with Crippen molar-refractivity contribution in [3.05, 3.63) is 11.6 Å². The topological polar surface area (TPSA) is 20.2 Å². The molecule has 16 heavy (non-hydrogen) atoms. The maximum atomic E-state index is 10.4. The summed E-state index contributed by atoms with van der Waals surface area (Å²) in [7, 11) is 0. The van der Waals surface area contributed by atoms with E-state index in [0.717, 1.165) is 6.42 Å². The molecule has 2 aliphatic rings. The zero-order chi connectivity index (χ0) is 11.2. The smallest absolute Gasteiger partial charge is 0.0778 e. The van der Waals surface area contributed by atoms with Crippen LogP contribution in [0.15, 0.2) is 11.6 Å². The number of aliphatic hydroxyl groups is 1. The SMILES string of the molecule is OC(C1=CCCCCCC1)C1CCCCC1. The lowest BCUT2D eigenvalue weighted by atomic mass is 9.81. The molecule has 0 aromatic carbocycles. The molecule has 0 aromatic rings. The molecule has 1 saturated carbocycles. The van der Waals surface area contributed by atoms with Crippen molar-refractivity contribution >= 4 is 0 Å². The van der Waals surface area contributed by atoms with Crippen molar-refractivity contribution in [1.82, 2.24) is 0 Å². The van der Waals surface area contributed by atoms with Crippen LogP contribution < -0.4 is 0 Å². The van der Waals surface area contributed by atoms with Crippen molar-refractivity contribution in [1.29, 1.82) is 0 Å². The average Bonchev–Trinajstić information content (AvgIpc) is 2.29. The Morgan fingerprint density at radius 3 is 2.44 bits per heavy atom. The largest absolute Gasteiger partial charge is 0.388 e. The van der Waals surface area contributed by atoms with Crippen molar-refractivity contribution in [3.63, 3.8) is 0 Å². The lowest BCUT2D eigenvalue weighted by Crippen LogP contribution is -2.25. The average molecular weight is 222 g/mol. The normalized spacial score (nSPS) is 26.7. The minimum atomic E-state index is -0.113. The van der Waals surface area contributed by atoms with Gasteiger partial charge in [0, 0.05) is 0 Å². The Hall–Kier alpha value is -0.300. The first-order chi connectivity index (χ1) is 7.88. The fourth-order valence-electron chi connectivity index (χ4n) is 3.24. The van der Waals surface area contributed by atoms with Gasteiger partial charge in [0.05, 0.1) is 6.10 Å². The van der Waals surface area contributed by atoms with Gasteiger partial charge < -0.3 is 5.11 Å². The maximum Gasteiger partial charge on any atom is 0.0778 e. The Morgan fingerprint density at radius 2 is 1.62 bits per heavy atom. The highest BCUT2D eigenvalue weighted by Crippen LogP contribution is 2.32. The van der Waals surface area contributed by atoms with E-state index in [1.54, 1.807) is 0 Å². The molecule has 1 N–H and O–H groups in total. The van der Waals surface area contributed by atoms with Gasteiger partial charge in [-0.05, 0) is 50.0 Å². The Labute approximate surface area is 99.9 Å². The van der Waals surface area contributed by atoms with E-state index in [4.69, 9.17) is 0 Å². The first kappa shape index (κ1) is 12.2. The molecule has 1 heteroatoms. The maximum absolute atomic E-state index is 10.4. The third-order valence-corrected chi connectivity index (χ3v) is 4.30. The second-order valence-electron chi connectivity index (χ2n) is 5.57. The molecule has 92 valence electrons. The molecule has 1 atom stereocenters. The second kappa shape index (κ2) is 6.44. The van der Waals surface area contributed by atoms with E-state index >= 15 is 0 Å². The monoisotopic (exact) mass is 222 g/mol. The van der Waals surface area contributed by atoms with Gasteiger partial charge in [-0.15, -0.1) is 0 Å². The molecule has 0 bridgehead atoms. The van der Waals surface area contributed by atoms with Crippen LogP contribution in [0.25, 0.3) is 0 Å².